The third-order valence-corrected chi connectivity index (χ3v) is 5.65. The van der Waals surface area contributed by atoms with Gasteiger partial charge in [0.1, 0.15) is 0 Å². The first-order valence-corrected chi connectivity index (χ1v) is 10.3. The minimum atomic E-state index is -0.561. The highest BCUT2D eigenvalue weighted by atomic mass is 16.3. The zero-order chi connectivity index (χ0) is 20.7. The molecular weight excluding hydrogens is 356 g/mol. The molecule has 0 heterocycles. The van der Waals surface area contributed by atoms with Gasteiger partial charge in [0, 0.05) is 18.6 Å². The smallest absolute Gasteiger partial charge is 0.0951 e. The number of aliphatic hydroxyl groups is 1. The van der Waals surface area contributed by atoms with Gasteiger partial charge in [-0.1, -0.05) is 91.0 Å². The fourth-order valence-corrected chi connectivity index (χ4v) is 3.83. The largest absolute Gasteiger partial charge is 0.395 e. The summed E-state index contributed by atoms with van der Waals surface area (Å²) in [7, 11) is 2.10. The summed E-state index contributed by atoms with van der Waals surface area (Å²) in [5.41, 5.74) is 2.91. The van der Waals surface area contributed by atoms with Gasteiger partial charge in [-0.2, -0.15) is 0 Å². The summed E-state index contributed by atoms with van der Waals surface area (Å²) in [5.74, 6) is 0. The maximum atomic E-state index is 10.3. The van der Waals surface area contributed by atoms with Crippen molar-refractivity contribution in [2.45, 2.75) is 31.5 Å². The van der Waals surface area contributed by atoms with Gasteiger partial charge in [-0.25, -0.2) is 0 Å². The Hall–Kier alpha value is -2.46. The predicted octanol–water partition coefficient (Wildman–Crippen LogP) is 4.27. The molecule has 0 aliphatic rings. The number of rotatable bonds is 9. The first-order valence-electron chi connectivity index (χ1n) is 10.3. The monoisotopic (exact) mass is 388 g/mol. The Morgan fingerprint density at radius 2 is 1.14 bits per heavy atom. The molecule has 3 aromatic rings. The van der Waals surface area contributed by atoms with Crippen molar-refractivity contribution in [1.29, 1.82) is 0 Å². The second-order valence-corrected chi connectivity index (χ2v) is 7.91. The average Bonchev–Trinajstić information content (AvgIpc) is 2.78. The Labute approximate surface area is 175 Å². The Morgan fingerprint density at radius 1 is 0.759 bits per heavy atom. The number of aliphatic hydroxyl groups excluding tert-OH is 1. The second-order valence-electron chi connectivity index (χ2n) is 7.91. The van der Waals surface area contributed by atoms with Gasteiger partial charge >= 0.3 is 0 Å². The molecule has 3 nitrogen and oxygen atoms in total. The van der Waals surface area contributed by atoms with Gasteiger partial charge in [-0.05, 0) is 37.6 Å². The summed E-state index contributed by atoms with van der Waals surface area (Å²) < 4.78 is 0. The van der Waals surface area contributed by atoms with Crippen LogP contribution in [0.15, 0.2) is 91.0 Å². The summed E-state index contributed by atoms with van der Waals surface area (Å²) in [5, 5.41) is 14.1. The van der Waals surface area contributed by atoms with E-state index in [1.807, 2.05) is 18.2 Å². The summed E-state index contributed by atoms with van der Waals surface area (Å²) in [6.07, 6.45) is 0. The van der Waals surface area contributed by atoms with E-state index in [1.165, 1.54) is 0 Å². The van der Waals surface area contributed by atoms with Crippen molar-refractivity contribution < 1.29 is 5.11 Å². The molecule has 2 N–H and O–H groups in total. The Morgan fingerprint density at radius 3 is 1.45 bits per heavy atom. The molecule has 152 valence electrons. The van der Waals surface area contributed by atoms with Crippen LogP contribution in [-0.4, -0.2) is 42.3 Å². The molecule has 0 bridgehead atoms. The fourth-order valence-electron chi connectivity index (χ4n) is 3.83. The highest BCUT2D eigenvalue weighted by Gasteiger charge is 2.38. The average molecular weight is 389 g/mol. The van der Waals surface area contributed by atoms with Crippen LogP contribution in [0.2, 0.25) is 0 Å². The fraction of sp³-hybridized carbons (Fsp3) is 0.308. The molecule has 0 saturated heterocycles. The van der Waals surface area contributed by atoms with Crippen LogP contribution >= 0.6 is 0 Å². The molecule has 0 saturated carbocycles. The molecule has 3 heteroatoms. The van der Waals surface area contributed by atoms with E-state index < -0.39 is 5.54 Å². The van der Waals surface area contributed by atoms with E-state index in [4.69, 9.17) is 0 Å². The van der Waals surface area contributed by atoms with Gasteiger partial charge in [0.2, 0.25) is 0 Å². The Kier molecular flexibility index (Phi) is 7.21. The number of nitrogens with one attached hydrogen (secondary N) is 1. The quantitative estimate of drug-likeness (QED) is 0.538. The van der Waals surface area contributed by atoms with Crippen molar-refractivity contribution in [2.24, 2.45) is 0 Å². The zero-order valence-corrected chi connectivity index (χ0v) is 17.6. The molecule has 0 radical (unpaired) electrons. The van der Waals surface area contributed by atoms with Gasteiger partial charge in [-0.3, -0.25) is 5.32 Å². The van der Waals surface area contributed by atoms with E-state index in [1.54, 1.807) is 0 Å². The lowest BCUT2D eigenvalue weighted by molar-refractivity contribution is 0.165. The van der Waals surface area contributed by atoms with E-state index in [-0.39, 0.29) is 12.6 Å². The highest BCUT2D eigenvalue weighted by molar-refractivity contribution is 5.49. The lowest BCUT2D eigenvalue weighted by Gasteiger charge is -2.41. The molecule has 3 rings (SSSR count). The van der Waals surface area contributed by atoms with Crippen LogP contribution < -0.4 is 5.32 Å². The number of hydrogen-bond donors (Lipinski definition) is 2. The molecule has 29 heavy (non-hydrogen) atoms. The van der Waals surface area contributed by atoms with E-state index in [0.717, 1.165) is 23.2 Å². The molecule has 0 aliphatic heterocycles. The first kappa shape index (κ1) is 21.3. The van der Waals surface area contributed by atoms with Crippen molar-refractivity contribution in [3.8, 4) is 0 Å². The number of hydrogen-bond acceptors (Lipinski definition) is 3. The molecule has 1 atom stereocenters. The zero-order valence-electron chi connectivity index (χ0n) is 17.6. The molecule has 0 aromatic heterocycles. The van der Waals surface area contributed by atoms with Crippen molar-refractivity contribution in [3.05, 3.63) is 108 Å². The third kappa shape index (κ3) is 4.76. The lowest BCUT2D eigenvalue weighted by atomic mass is 9.76. The molecule has 0 amide bonds. The Balaban J connectivity index is 2.17. The van der Waals surface area contributed by atoms with Gasteiger partial charge < -0.3 is 10.0 Å². The first-order chi connectivity index (χ1) is 14.1. The number of nitrogens with zero attached hydrogens (tertiary/aromatic N) is 1. The molecule has 0 unspecified atom stereocenters. The summed E-state index contributed by atoms with van der Waals surface area (Å²) in [6.45, 7) is 5.16. The Bertz CT molecular complexity index is 753. The van der Waals surface area contributed by atoms with E-state index >= 15 is 0 Å². The maximum absolute atomic E-state index is 10.3. The lowest BCUT2D eigenvalue weighted by Crippen LogP contribution is -2.54. The highest BCUT2D eigenvalue weighted by Crippen LogP contribution is 2.37. The molecular formula is C26H32N2O. The van der Waals surface area contributed by atoms with Crippen LogP contribution in [0.4, 0.5) is 0 Å². The summed E-state index contributed by atoms with van der Waals surface area (Å²) in [4.78, 5) is 2.26. The van der Waals surface area contributed by atoms with Crippen LogP contribution in [0.1, 0.15) is 30.5 Å². The maximum Gasteiger partial charge on any atom is 0.0951 e. The summed E-state index contributed by atoms with van der Waals surface area (Å²) >= 11 is 0. The third-order valence-electron chi connectivity index (χ3n) is 5.65. The van der Waals surface area contributed by atoms with E-state index in [0.29, 0.717) is 6.04 Å². The van der Waals surface area contributed by atoms with Crippen molar-refractivity contribution in [1.82, 2.24) is 10.2 Å². The molecule has 3 aromatic carbocycles. The van der Waals surface area contributed by atoms with E-state index in [2.05, 4.69) is 104 Å². The normalized spacial score (nSPS) is 13.0. The van der Waals surface area contributed by atoms with Crippen molar-refractivity contribution >= 4 is 0 Å². The van der Waals surface area contributed by atoms with Gasteiger partial charge in [0.15, 0.2) is 0 Å². The number of benzene rings is 3. The van der Waals surface area contributed by atoms with Crippen LogP contribution in [0.5, 0.6) is 0 Å². The standard InChI is InChI=1S/C26H32N2O/c1-21(2)28(3)19-25(20-29)27-26(22-13-7-4-8-14-22,23-15-9-5-10-16-23)24-17-11-6-12-18-24/h4-18,21,25,27,29H,19-20H2,1-3H3/t25-/m0/s1. The second kappa shape index (κ2) is 9.84. The molecule has 0 spiro atoms. The van der Waals surface area contributed by atoms with Crippen molar-refractivity contribution in [3.63, 3.8) is 0 Å². The van der Waals surface area contributed by atoms with Crippen LogP contribution in [0, 0.1) is 0 Å². The van der Waals surface area contributed by atoms with Gasteiger partial charge in [0.25, 0.3) is 0 Å². The minimum Gasteiger partial charge on any atom is -0.395 e. The number of likely N-dealkylation sites (N-methyl/N-ethyl adjacent to an activating group) is 1. The van der Waals surface area contributed by atoms with Crippen LogP contribution in [0.3, 0.4) is 0 Å². The topological polar surface area (TPSA) is 35.5 Å². The van der Waals surface area contributed by atoms with Crippen LogP contribution in [0.25, 0.3) is 0 Å². The molecule has 0 fully saturated rings. The van der Waals surface area contributed by atoms with Crippen LogP contribution in [-0.2, 0) is 5.54 Å². The van der Waals surface area contributed by atoms with Gasteiger partial charge in [-0.15, -0.1) is 0 Å². The van der Waals surface area contributed by atoms with E-state index in [9.17, 15) is 5.11 Å². The van der Waals surface area contributed by atoms with Crippen molar-refractivity contribution in [2.75, 3.05) is 20.2 Å². The summed E-state index contributed by atoms with van der Waals surface area (Å²) in [6, 6.07) is 31.9. The predicted molar refractivity (Wildman–Crippen MR) is 121 cm³/mol. The SMILES string of the molecule is CC(C)N(C)C[C@@H](CO)NC(c1ccccc1)(c1ccccc1)c1ccccc1. The molecule has 0 aliphatic carbocycles. The van der Waals surface area contributed by atoms with Gasteiger partial charge in [0.05, 0.1) is 12.1 Å². The minimum absolute atomic E-state index is 0.0608.